The van der Waals surface area contributed by atoms with Crippen LogP contribution in [0.5, 0.6) is 0 Å². The first kappa shape index (κ1) is 33.6. The second-order valence-electron chi connectivity index (χ2n) is 9.33. The fourth-order valence-electron chi connectivity index (χ4n) is 4.26. The standard InChI is InChI=1S/C24H33N5O4S.C2HF3O2/c1-34-11-9-21(24(32)33)27-22(30)16-28(14-18-6-3-2-4-7-18)15-20-8-5-10-29(20)23(31)12-19-13-25-17-26-19;3-2(4,5)1(6)7/h2-4,6-7,13,17,20-21H,5,8-12,14-16H2,1H3,(H,25,26)(H,27,30)(H,32,33);(H,6,7)/t20-,21-;/m0./s1. The second-order valence-corrected chi connectivity index (χ2v) is 10.3. The summed E-state index contributed by atoms with van der Waals surface area (Å²) in [6, 6.07) is 8.93. The van der Waals surface area contributed by atoms with Crippen LogP contribution in [0.1, 0.15) is 30.5 Å². The number of likely N-dealkylation sites (tertiary alicyclic amines) is 1. The van der Waals surface area contributed by atoms with E-state index >= 15 is 0 Å². The van der Waals surface area contributed by atoms with Crippen molar-refractivity contribution in [1.82, 2.24) is 25.1 Å². The molecule has 0 spiro atoms. The highest BCUT2D eigenvalue weighted by atomic mass is 32.2. The lowest BCUT2D eigenvalue weighted by Crippen LogP contribution is -2.49. The number of hydrogen-bond donors (Lipinski definition) is 4. The number of hydrogen-bond acceptors (Lipinski definition) is 7. The van der Waals surface area contributed by atoms with Gasteiger partial charge in [0.25, 0.3) is 0 Å². The number of carboxylic acid groups (broad SMARTS) is 2. The van der Waals surface area contributed by atoms with E-state index in [4.69, 9.17) is 9.90 Å². The third kappa shape index (κ3) is 12.2. The molecule has 0 unspecified atom stereocenters. The molecule has 41 heavy (non-hydrogen) atoms. The number of halogens is 3. The highest BCUT2D eigenvalue weighted by molar-refractivity contribution is 7.98. The molecule has 1 aromatic heterocycles. The van der Waals surface area contributed by atoms with Gasteiger partial charge in [-0.2, -0.15) is 24.9 Å². The van der Waals surface area contributed by atoms with E-state index in [0.717, 1.165) is 24.1 Å². The van der Waals surface area contributed by atoms with Crippen LogP contribution in [0.2, 0.25) is 0 Å². The van der Waals surface area contributed by atoms with Crippen LogP contribution in [0.4, 0.5) is 13.2 Å². The maximum atomic E-state index is 12.9. The zero-order chi connectivity index (χ0) is 30.4. The minimum atomic E-state index is -5.08. The van der Waals surface area contributed by atoms with Crippen molar-refractivity contribution in [3.8, 4) is 0 Å². The minimum Gasteiger partial charge on any atom is -0.480 e. The van der Waals surface area contributed by atoms with Crippen molar-refractivity contribution < 1.29 is 42.6 Å². The number of benzene rings is 1. The van der Waals surface area contributed by atoms with Gasteiger partial charge in [-0.25, -0.2) is 14.6 Å². The number of imidazole rings is 1. The van der Waals surface area contributed by atoms with E-state index in [0.29, 0.717) is 31.8 Å². The summed E-state index contributed by atoms with van der Waals surface area (Å²) in [6.07, 6.45) is 2.47. The number of carbonyl (C=O) groups excluding carboxylic acids is 2. The van der Waals surface area contributed by atoms with E-state index < -0.39 is 24.2 Å². The third-order valence-electron chi connectivity index (χ3n) is 6.17. The monoisotopic (exact) mass is 601 g/mol. The summed E-state index contributed by atoms with van der Waals surface area (Å²) in [5.41, 5.74) is 1.84. The van der Waals surface area contributed by atoms with Gasteiger partial charge in [-0.3, -0.25) is 14.5 Å². The molecule has 3 rings (SSSR count). The van der Waals surface area contributed by atoms with Gasteiger partial charge in [0.1, 0.15) is 6.04 Å². The minimum absolute atomic E-state index is 0.00121. The summed E-state index contributed by atoms with van der Waals surface area (Å²) in [7, 11) is 0. The molecule has 15 heteroatoms. The van der Waals surface area contributed by atoms with Crippen molar-refractivity contribution in [2.45, 2.75) is 50.5 Å². The zero-order valence-electron chi connectivity index (χ0n) is 22.5. The maximum Gasteiger partial charge on any atom is 0.490 e. The Balaban J connectivity index is 0.000000745. The molecule has 0 radical (unpaired) electrons. The van der Waals surface area contributed by atoms with Gasteiger partial charge in [-0.1, -0.05) is 30.3 Å². The van der Waals surface area contributed by atoms with E-state index in [1.165, 1.54) is 0 Å². The number of nitrogens with zero attached hydrogens (tertiary/aromatic N) is 3. The van der Waals surface area contributed by atoms with Gasteiger partial charge in [0.05, 0.1) is 19.3 Å². The average Bonchev–Trinajstić information content (AvgIpc) is 3.59. The van der Waals surface area contributed by atoms with Gasteiger partial charge in [0, 0.05) is 37.6 Å². The quantitative estimate of drug-likeness (QED) is 0.271. The molecule has 1 aromatic carbocycles. The third-order valence-corrected chi connectivity index (χ3v) is 6.81. The zero-order valence-corrected chi connectivity index (χ0v) is 23.3. The number of carbonyl (C=O) groups is 4. The first-order valence-corrected chi connectivity index (χ1v) is 14.1. The fraction of sp³-hybridized carbons (Fsp3) is 0.500. The van der Waals surface area contributed by atoms with Crippen LogP contribution in [0.15, 0.2) is 42.9 Å². The molecule has 2 atom stereocenters. The van der Waals surface area contributed by atoms with Gasteiger partial charge in [0.15, 0.2) is 0 Å². The summed E-state index contributed by atoms with van der Waals surface area (Å²) in [5.74, 6) is -3.41. The summed E-state index contributed by atoms with van der Waals surface area (Å²) < 4.78 is 31.7. The lowest BCUT2D eigenvalue weighted by molar-refractivity contribution is -0.192. The Labute approximate surface area is 239 Å². The van der Waals surface area contributed by atoms with Gasteiger partial charge in [-0.15, -0.1) is 0 Å². The molecule has 1 aliphatic rings. The Morgan fingerprint density at radius 3 is 2.46 bits per heavy atom. The molecule has 226 valence electrons. The number of carboxylic acids is 2. The van der Waals surface area contributed by atoms with Crippen LogP contribution in [0, 0.1) is 0 Å². The molecule has 2 aromatic rings. The summed E-state index contributed by atoms with van der Waals surface area (Å²) in [6.45, 7) is 1.84. The summed E-state index contributed by atoms with van der Waals surface area (Å²) in [4.78, 5) is 57.0. The average molecular weight is 602 g/mol. The Kier molecular flexibility index (Phi) is 13.6. The molecule has 0 bridgehead atoms. The largest absolute Gasteiger partial charge is 0.490 e. The molecule has 1 fully saturated rings. The highest BCUT2D eigenvalue weighted by Crippen LogP contribution is 2.20. The Morgan fingerprint density at radius 1 is 1.22 bits per heavy atom. The SMILES string of the molecule is CSCC[C@H](NC(=O)CN(Cc1ccccc1)C[C@@H]1CCCN1C(=O)Cc1cnc[nH]1)C(=O)O.O=C(O)C(F)(F)F. The number of aromatic amines is 1. The van der Waals surface area contributed by atoms with Crippen molar-refractivity contribution in [2.24, 2.45) is 0 Å². The van der Waals surface area contributed by atoms with E-state index in [2.05, 4.69) is 15.3 Å². The number of H-pyrrole nitrogens is 1. The van der Waals surface area contributed by atoms with Crippen molar-refractivity contribution in [2.75, 3.05) is 31.6 Å². The fourth-order valence-corrected chi connectivity index (χ4v) is 4.73. The van der Waals surface area contributed by atoms with Crippen molar-refractivity contribution in [3.05, 3.63) is 54.1 Å². The Morgan fingerprint density at radius 2 is 1.90 bits per heavy atom. The first-order chi connectivity index (χ1) is 19.4. The number of aliphatic carboxylic acids is 2. The van der Waals surface area contributed by atoms with Crippen LogP contribution >= 0.6 is 11.8 Å². The Bertz CT molecular complexity index is 1120. The molecular formula is C26H34F3N5O6S. The second kappa shape index (κ2) is 16.6. The van der Waals surface area contributed by atoms with E-state index in [9.17, 15) is 32.7 Å². The molecule has 1 aliphatic heterocycles. The van der Waals surface area contributed by atoms with Gasteiger partial charge >= 0.3 is 18.1 Å². The summed E-state index contributed by atoms with van der Waals surface area (Å²) in [5, 5.41) is 19.3. The van der Waals surface area contributed by atoms with Gasteiger partial charge < -0.3 is 25.4 Å². The molecule has 2 heterocycles. The maximum absolute atomic E-state index is 12.9. The van der Waals surface area contributed by atoms with Crippen LogP contribution in [-0.4, -0.2) is 104 Å². The van der Waals surface area contributed by atoms with Crippen molar-refractivity contribution >= 4 is 35.5 Å². The number of rotatable bonds is 13. The predicted molar refractivity (Wildman–Crippen MR) is 145 cm³/mol. The van der Waals surface area contributed by atoms with Crippen LogP contribution in [0.3, 0.4) is 0 Å². The Hall–Kier alpha value is -3.59. The molecule has 0 aliphatic carbocycles. The van der Waals surface area contributed by atoms with Crippen LogP contribution in [-0.2, 0) is 32.1 Å². The lowest BCUT2D eigenvalue weighted by atomic mass is 10.1. The normalized spacial score (nSPS) is 15.6. The number of thioether (sulfide) groups is 1. The number of amides is 2. The van der Waals surface area contributed by atoms with E-state index in [1.807, 2.05) is 46.4 Å². The van der Waals surface area contributed by atoms with Gasteiger partial charge in [-0.05, 0) is 36.8 Å². The van der Waals surface area contributed by atoms with Gasteiger partial charge in [0.2, 0.25) is 11.8 Å². The van der Waals surface area contributed by atoms with E-state index in [-0.39, 0.29) is 30.8 Å². The number of alkyl halides is 3. The molecule has 0 saturated carbocycles. The van der Waals surface area contributed by atoms with Crippen molar-refractivity contribution in [3.63, 3.8) is 0 Å². The predicted octanol–water partition coefficient (Wildman–Crippen LogP) is 2.40. The topological polar surface area (TPSA) is 156 Å². The smallest absolute Gasteiger partial charge is 0.480 e. The van der Waals surface area contributed by atoms with E-state index in [1.54, 1.807) is 24.3 Å². The van der Waals surface area contributed by atoms with Crippen LogP contribution in [0.25, 0.3) is 0 Å². The summed E-state index contributed by atoms with van der Waals surface area (Å²) >= 11 is 1.55. The molecular weight excluding hydrogens is 567 g/mol. The number of nitrogens with one attached hydrogen (secondary N) is 2. The number of aromatic nitrogens is 2. The molecule has 4 N–H and O–H groups in total. The molecule has 1 saturated heterocycles. The van der Waals surface area contributed by atoms with Crippen LogP contribution < -0.4 is 5.32 Å². The highest BCUT2D eigenvalue weighted by Gasteiger charge is 2.38. The first-order valence-electron chi connectivity index (χ1n) is 12.7. The molecule has 11 nitrogen and oxygen atoms in total. The molecule has 2 amide bonds. The van der Waals surface area contributed by atoms with Crippen molar-refractivity contribution in [1.29, 1.82) is 0 Å². The lowest BCUT2D eigenvalue weighted by Gasteiger charge is -2.31.